The minimum atomic E-state index is -0.191. The van der Waals surface area contributed by atoms with Crippen LogP contribution < -0.4 is 5.32 Å². The molecule has 0 radical (unpaired) electrons. The first-order chi connectivity index (χ1) is 13.0. The van der Waals surface area contributed by atoms with Crippen molar-refractivity contribution in [3.63, 3.8) is 0 Å². The molecule has 1 fully saturated rings. The minimum Gasteiger partial charge on any atom is -0.465 e. The molecule has 1 aliphatic heterocycles. The van der Waals surface area contributed by atoms with E-state index in [2.05, 4.69) is 10.2 Å². The molecular weight excluding hydrogens is 366 g/mol. The first-order valence-electron chi connectivity index (χ1n) is 8.98. The third-order valence-electron chi connectivity index (χ3n) is 4.53. The van der Waals surface area contributed by atoms with E-state index < -0.39 is 0 Å². The maximum Gasteiger partial charge on any atom is 0.264 e. The second kappa shape index (κ2) is 9.16. The molecule has 146 valence electrons. The summed E-state index contributed by atoms with van der Waals surface area (Å²) >= 11 is 1.37. The van der Waals surface area contributed by atoms with Crippen LogP contribution in [-0.2, 0) is 9.53 Å². The summed E-state index contributed by atoms with van der Waals surface area (Å²) in [5.41, 5.74) is 0. The Morgan fingerprint density at radius 3 is 2.70 bits per heavy atom. The molecule has 0 saturated carbocycles. The number of furan rings is 1. The number of thiophene rings is 1. The number of nitrogens with one attached hydrogen (secondary N) is 1. The molecule has 1 saturated heterocycles. The molecule has 0 aromatic carbocycles. The molecule has 3 rings (SSSR count). The molecule has 2 aromatic rings. The van der Waals surface area contributed by atoms with Gasteiger partial charge in [-0.2, -0.15) is 0 Å². The number of morpholine rings is 1. The number of hydrogen-bond donors (Lipinski definition) is 1. The van der Waals surface area contributed by atoms with E-state index in [0.29, 0.717) is 24.6 Å². The summed E-state index contributed by atoms with van der Waals surface area (Å²) in [6.07, 6.45) is 0. The van der Waals surface area contributed by atoms with Crippen molar-refractivity contribution in [2.75, 3.05) is 46.4 Å². The molecule has 1 N–H and O–H groups in total. The number of nitrogens with zero attached hydrogens (tertiary/aromatic N) is 2. The normalized spacial score (nSPS) is 16.1. The monoisotopic (exact) mass is 391 g/mol. The average Bonchev–Trinajstić information content (AvgIpc) is 3.34. The minimum absolute atomic E-state index is 0.0176. The van der Waals surface area contributed by atoms with E-state index in [0.717, 1.165) is 24.6 Å². The molecule has 7 nitrogen and oxygen atoms in total. The zero-order valence-electron chi connectivity index (χ0n) is 15.6. The molecule has 1 aliphatic rings. The number of amides is 2. The molecule has 0 spiro atoms. The first-order valence-corrected chi connectivity index (χ1v) is 9.86. The third-order valence-corrected chi connectivity index (χ3v) is 5.39. The average molecular weight is 391 g/mol. The Kier molecular flexibility index (Phi) is 6.65. The Morgan fingerprint density at radius 1 is 1.30 bits per heavy atom. The Bertz CT molecular complexity index is 753. The van der Waals surface area contributed by atoms with Crippen molar-refractivity contribution < 1.29 is 18.7 Å². The van der Waals surface area contributed by atoms with Gasteiger partial charge < -0.3 is 19.4 Å². The molecule has 0 bridgehead atoms. The van der Waals surface area contributed by atoms with Gasteiger partial charge in [-0.05, 0) is 30.5 Å². The first kappa shape index (κ1) is 19.6. The van der Waals surface area contributed by atoms with Gasteiger partial charge in [-0.25, -0.2) is 0 Å². The van der Waals surface area contributed by atoms with E-state index in [-0.39, 0.29) is 24.4 Å². The van der Waals surface area contributed by atoms with Gasteiger partial charge in [0.15, 0.2) is 0 Å². The smallest absolute Gasteiger partial charge is 0.264 e. The van der Waals surface area contributed by atoms with Gasteiger partial charge in [0, 0.05) is 26.7 Å². The van der Waals surface area contributed by atoms with Gasteiger partial charge in [-0.15, -0.1) is 11.3 Å². The molecule has 3 heterocycles. The number of aryl methyl sites for hydroxylation is 1. The van der Waals surface area contributed by atoms with E-state index in [4.69, 9.17) is 9.15 Å². The highest BCUT2D eigenvalue weighted by molar-refractivity contribution is 7.12. The zero-order chi connectivity index (χ0) is 19.2. The maximum absolute atomic E-state index is 12.4. The summed E-state index contributed by atoms with van der Waals surface area (Å²) in [5.74, 6) is 1.34. The van der Waals surface area contributed by atoms with Crippen LogP contribution in [0, 0.1) is 6.92 Å². The van der Waals surface area contributed by atoms with Crippen LogP contribution in [0.1, 0.15) is 27.2 Å². The Morgan fingerprint density at radius 2 is 2.07 bits per heavy atom. The van der Waals surface area contributed by atoms with E-state index in [1.807, 2.05) is 30.5 Å². The Labute approximate surface area is 162 Å². The summed E-state index contributed by atoms with van der Waals surface area (Å²) in [7, 11) is 1.64. The number of carbonyl (C=O) groups is 2. The molecule has 8 heteroatoms. The predicted octanol–water partition coefficient (Wildman–Crippen LogP) is 1.91. The maximum atomic E-state index is 12.4. The number of likely N-dealkylation sites (N-methyl/N-ethyl adjacent to an activating group) is 1. The van der Waals surface area contributed by atoms with Gasteiger partial charge in [0.05, 0.1) is 30.7 Å². The van der Waals surface area contributed by atoms with Gasteiger partial charge >= 0.3 is 0 Å². The summed E-state index contributed by atoms with van der Waals surface area (Å²) in [6, 6.07) is 7.41. The van der Waals surface area contributed by atoms with Crippen LogP contribution in [0.4, 0.5) is 0 Å². The van der Waals surface area contributed by atoms with E-state index in [1.165, 1.54) is 16.2 Å². The highest BCUT2D eigenvalue weighted by Gasteiger charge is 2.26. The third kappa shape index (κ3) is 5.18. The molecule has 0 aliphatic carbocycles. The van der Waals surface area contributed by atoms with Crippen LogP contribution in [0.3, 0.4) is 0 Å². The van der Waals surface area contributed by atoms with Crippen molar-refractivity contribution in [1.82, 2.24) is 15.1 Å². The topological polar surface area (TPSA) is 75.0 Å². The lowest BCUT2D eigenvalue weighted by Gasteiger charge is -2.33. The number of rotatable bonds is 7. The van der Waals surface area contributed by atoms with Crippen LogP contribution in [-0.4, -0.2) is 68.1 Å². The van der Waals surface area contributed by atoms with E-state index in [9.17, 15) is 9.59 Å². The number of carbonyl (C=O) groups excluding carboxylic acids is 2. The molecule has 1 unspecified atom stereocenters. The quantitative estimate of drug-likeness (QED) is 0.780. The standard InChI is InChI=1S/C19H25N3O4S/c1-14-5-6-16(26-14)15(22-7-9-25-10-8-22)12-20-18(23)13-21(2)19(24)17-4-3-11-27-17/h3-6,11,15H,7-10,12-13H2,1-2H3,(H,20,23). The SMILES string of the molecule is Cc1ccc(C(CNC(=O)CN(C)C(=O)c2cccs2)N2CCOCC2)o1. The Hall–Kier alpha value is -2.16. The highest BCUT2D eigenvalue weighted by Crippen LogP contribution is 2.23. The zero-order valence-corrected chi connectivity index (χ0v) is 16.5. The fourth-order valence-corrected chi connectivity index (χ4v) is 3.79. The predicted molar refractivity (Wildman–Crippen MR) is 103 cm³/mol. The van der Waals surface area contributed by atoms with Crippen LogP contribution in [0.2, 0.25) is 0 Å². The van der Waals surface area contributed by atoms with Crippen LogP contribution >= 0.6 is 11.3 Å². The summed E-state index contributed by atoms with van der Waals surface area (Å²) in [6.45, 7) is 5.26. The van der Waals surface area contributed by atoms with Gasteiger partial charge in [0.25, 0.3) is 5.91 Å². The molecule has 2 amide bonds. The van der Waals surface area contributed by atoms with Gasteiger partial charge in [-0.1, -0.05) is 6.07 Å². The van der Waals surface area contributed by atoms with Gasteiger partial charge in [-0.3, -0.25) is 14.5 Å². The van der Waals surface area contributed by atoms with Crippen molar-refractivity contribution in [1.29, 1.82) is 0 Å². The van der Waals surface area contributed by atoms with Crippen molar-refractivity contribution >= 4 is 23.2 Å². The lowest BCUT2D eigenvalue weighted by molar-refractivity contribution is -0.122. The van der Waals surface area contributed by atoms with E-state index >= 15 is 0 Å². The highest BCUT2D eigenvalue weighted by atomic mass is 32.1. The lowest BCUT2D eigenvalue weighted by atomic mass is 10.1. The molecule has 2 aromatic heterocycles. The fraction of sp³-hybridized carbons (Fsp3) is 0.474. The fourth-order valence-electron chi connectivity index (χ4n) is 3.07. The largest absolute Gasteiger partial charge is 0.465 e. The van der Waals surface area contributed by atoms with Gasteiger partial charge in [0.1, 0.15) is 11.5 Å². The van der Waals surface area contributed by atoms with Crippen LogP contribution in [0.25, 0.3) is 0 Å². The van der Waals surface area contributed by atoms with Gasteiger partial charge in [0.2, 0.25) is 5.91 Å². The molecule has 1 atom stereocenters. The summed E-state index contributed by atoms with van der Waals surface area (Å²) < 4.78 is 11.2. The van der Waals surface area contributed by atoms with Crippen molar-refractivity contribution in [3.8, 4) is 0 Å². The van der Waals surface area contributed by atoms with Crippen molar-refractivity contribution in [2.45, 2.75) is 13.0 Å². The van der Waals surface area contributed by atoms with Crippen molar-refractivity contribution in [2.24, 2.45) is 0 Å². The summed E-state index contributed by atoms with van der Waals surface area (Å²) in [4.78, 5) is 29.0. The second-order valence-electron chi connectivity index (χ2n) is 6.56. The summed E-state index contributed by atoms with van der Waals surface area (Å²) in [5, 5.41) is 4.79. The number of hydrogen-bond acceptors (Lipinski definition) is 6. The van der Waals surface area contributed by atoms with Crippen LogP contribution in [0.15, 0.2) is 34.1 Å². The van der Waals surface area contributed by atoms with Crippen molar-refractivity contribution in [3.05, 3.63) is 46.0 Å². The second-order valence-corrected chi connectivity index (χ2v) is 7.50. The van der Waals surface area contributed by atoms with E-state index in [1.54, 1.807) is 13.1 Å². The number of ether oxygens (including phenoxy) is 1. The Balaban J connectivity index is 1.57. The molecular formula is C19H25N3O4S. The molecule has 27 heavy (non-hydrogen) atoms. The van der Waals surface area contributed by atoms with Crippen LogP contribution in [0.5, 0.6) is 0 Å². The lowest BCUT2D eigenvalue weighted by Crippen LogP contribution is -2.45.